The van der Waals surface area contributed by atoms with Crippen molar-refractivity contribution in [2.24, 2.45) is 5.92 Å². The number of Topliss-reactive ketones (excluding diaryl/α,β-unsaturated/α-hetero) is 1. The standard InChI is InChI=1S/C18H19N3O/c1-13(2)18(22)8-5-14-11-20-21(12-14)16-6-7-17-15(10-16)4-3-9-19-17/h3-4,6-7,9-13H,5,8H2,1-2H3. The van der Waals surface area contributed by atoms with Crippen LogP contribution in [0.4, 0.5) is 0 Å². The summed E-state index contributed by atoms with van der Waals surface area (Å²) in [5.41, 5.74) is 3.06. The molecule has 0 radical (unpaired) electrons. The van der Waals surface area contributed by atoms with Gasteiger partial charge < -0.3 is 0 Å². The summed E-state index contributed by atoms with van der Waals surface area (Å²) in [5, 5.41) is 5.49. The topological polar surface area (TPSA) is 47.8 Å². The minimum absolute atomic E-state index is 0.100. The smallest absolute Gasteiger partial charge is 0.135 e. The molecule has 0 aliphatic heterocycles. The molecular formula is C18H19N3O. The molecule has 3 aromatic rings. The number of carbonyl (C=O) groups excluding carboxylic acids is 1. The molecule has 0 saturated carbocycles. The van der Waals surface area contributed by atoms with Crippen LogP contribution in [-0.2, 0) is 11.2 Å². The zero-order valence-electron chi connectivity index (χ0n) is 12.9. The first-order chi connectivity index (χ1) is 10.6. The third-order valence-electron chi connectivity index (χ3n) is 3.79. The lowest BCUT2D eigenvalue weighted by atomic mass is 10.0. The van der Waals surface area contributed by atoms with Gasteiger partial charge in [-0.15, -0.1) is 0 Å². The molecule has 0 saturated heterocycles. The Labute approximate surface area is 129 Å². The Kier molecular flexibility index (Phi) is 4.00. The molecule has 2 heterocycles. The number of aryl methyl sites for hydroxylation is 1. The van der Waals surface area contributed by atoms with E-state index in [2.05, 4.69) is 16.1 Å². The van der Waals surface area contributed by atoms with Crippen LogP contribution in [-0.4, -0.2) is 20.5 Å². The molecule has 2 aromatic heterocycles. The zero-order chi connectivity index (χ0) is 15.5. The average molecular weight is 293 g/mol. The third-order valence-corrected chi connectivity index (χ3v) is 3.79. The molecule has 0 unspecified atom stereocenters. The van der Waals surface area contributed by atoms with Gasteiger partial charge in [0, 0.05) is 30.1 Å². The van der Waals surface area contributed by atoms with E-state index in [1.807, 2.05) is 55.2 Å². The van der Waals surface area contributed by atoms with Gasteiger partial charge in [0.05, 0.1) is 17.4 Å². The van der Waals surface area contributed by atoms with Gasteiger partial charge in [-0.25, -0.2) is 4.68 Å². The van der Waals surface area contributed by atoms with E-state index in [9.17, 15) is 4.79 Å². The highest BCUT2D eigenvalue weighted by Crippen LogP contribution is 2.17. The molecule has 0 fully saturated rings. The van der Waals surface area contributed by atoms with Gasteiger partial charge in [-0.1, -0.05) is 19.9 Å². The molecule has 3 rings (SSSR count). The Morgan fingerprint density at radius 1 is 1.27 bits per heavy atom. The van der Waals surface area contributed by atoms with Gasteiger partial charge in [0.25, 0.3) is 0 Å². The highest BCUT2D eigenvalue weighted by Gasteiger charge is 2.09. The quantitative estimate of drug-likeness (QED) is 0.722. The van der Waals surface area contributed by atoms with Crippen LogP contribution in [0.25, 0.3) is 16.6 Å². The zero-order valence-corrected chi connectivity index (χ0v) is 12.9. The van der Waals surface area contributed by atoms with Crippen LogP contribution >= 0.6 is 0 Å². The van der Waals surface area contributed by atoms with Crippen LogP contribution in [0.3, 0.4) is 0 Å². The minimum atomic E-state index is 0.100. The molecular weight excluding hydrogens is 274 g/mol. The van der Waals surface area contributed by atoms with Crippen LogP contribution in [0.2, 0.25) is 0 Å². The lowest BCUT2D eigenvalue weighted by molar-refractivity contribution is -0.121. The number of rotatable bonds is 5. The summed E-state index contributed by atoms with van der Waals surface area (Å²) in [5.74, 6) is 0.396. The van der Waals surface area contributed by atoms with E-state index < -0.39 is 0 Å². The minimum Gasteiger partial charge on any atom is -0.299 e. The summed E-state index contributed by atoms with van der Waals surface area (Å²) in [4.78, 5) is 16.0. The maximum atomic E-state index is 11.7. The molecule has 0 aliphatic rings. The first-order valence-corrected chi connectivity index (χ1v) is 7.55. The first kappa shape index (κ1) is 14.4. The van der Waals surface area contributed by atoms with Crippen molar-refractivity contribution in [2.45, 2.75) is 26.7 Å². The van der Waals surface area contributed by atoms with Crippen LogP contribution < -0.4 is 0 Å². The fourth-order valence-electron chi connectivity index (χ4n) is 2.39. The molecule has 4 heteroatoms. The summed E-state index contributed by atoms with van der Waals surface area (Å²) in [6.45, 7) is 3.88. The van der Waals surface area contributed by atoms with Gasteiger partial charge in [0.1, 0.15) is 5.78 Å². The molecule has 0 N–H and O–H groups in total. The van der Waals surface area contributed by atoms with E-state index in [1.165, 1.54) is 0 Å². The van der Waals surface area contributed by atoms with Crippen molar-refractivity contribution >= 4 is 16.7 Å². The van der Waals surface area contributed by atoms with Crippen LogP contribution in [0, 0.1) is 5.92 Å². The second kappa shape index (κ2) is 6.10. The highest BCUT2D eigenvalue weighted by molar-refractivity contribution is 5.81. The van der Waals surface area contributed by atoms with Gasteiger partial charge in [-0.3, -0.25) is 9.78 Å². The average Bonchev–Trinajstić information content (AvgIpc) is 3.01. The van der Waals surface area contributed by atoms with Crippen LogP contribution in [0.5, 0.6) is 0 Å². The van der Waals surface area contributed by atoms with E-state index in [4.69, 9.17) is 0 Å². The van der Waals surface area contributed by atoms with Crippen molar-refractivity contribution in [1.29, 1.82) is 0 Å². The van der Waals surface area contributed by atoms with Gasteiger partial charge in [0.2, 0.25) is 0 Å². The SMILES string of the molecule is CC(C)C(=O)CCc1cnn(-c2ccc3ncccc3c2)c1. The third kappa shape index (κ3) is 3.06. The van der Waals surface area contributed by atoms with Gasteiger partial charge in [0.15, 0.2) is 0 Å². The van der Waals surface area contributed by atoms with Crippen molar-refractivity contribution in [2.75, 3.05) is 0 Å². The molecule has 0 atom stereocenters. The number of carbonyl (C=O) groups is 1. The summed E-state index contributed by atoms with van der Waals surface area (Å²) in [6, 6.07) is 10.0. The highest BCUT2D eigenvalue weighted by atomic mass is 16.1. The molecule has 0 amide bonds. The van der Waals surface area contributed by atoms with Crippen molar-refractivity contribution in [3.8, 4) is 5.69 Å². The molecule has 0 aliphatic carbocycles. The number of hydrogen-bond acceptors (Lipinski definition) is 3. The number of benzene rings is 1. The van der Waals surface area contributed by atoms with E-state index in [0.717, 1.165) is 28.6 Å². The fraction of sp³-hybridized carbons (Fsp3) is 0.278. The molecule has 22 heavy (non-hydrogen) atoms. The maximum absolute atomic E-state index is 11.7. The van der Waals surface area contributed by atoms with Gasteiger partial charge in [-0.05, 0) is 36.2 Å². The monoisotopic (exact) mass is 293 g/mol. The summed E-state index contributed by atoms with van der Waals surface area (Å²) >= 11 is 0. The van der Waals surface area contributed by atoms with Crippen molar-refractivity contribution in [1.82, 2.24) is 14.8 Å². The fourth-order valence-corrected chi connectivity index (χ4v) is 2.39. The number of nitrogens with zero attached hydrogens (tertiary/aromatic N) is 3. The Hall–Kier alpha value is -2.49. The van der Waals surface area contributed by atoms with Gasteiger partial charge in [-0.2, -0.15) is 5.10 Å². The predicted octanol–water partition coefficient (Wildman–Crippen LogP) is 3.58. The lowest BCUT2D eigenvalue weighted by Crippen LogP contribution is -2.07. The van der Waals surface area contributed by atoms with Crippen molar-refractivity contribution < 1.29 is 4.79 Å². The Balaban J connectivity index is 1.78. The van der Waals surface area contributed by atoms with Crippen molar-refractivity contribution in [3.63, 3.8) is 0 Å². The van der Waals surface area contributed by atoms with Crippen molar-refractivity contribution in [3.05, 3.63) is 54.5 Å². The number of ketones is 1. The van der Waals surface area contributed by atoms with E-state index in [1.54, 1.807) is 6.20 Å². The Bertz CT molecular complexity index is 805. The summed E-state index contributed by atoms with van der Waals surface area (Å²) in [7, 11) is 0. The predicted molar refractivity (Wildman–Crippen MR) is 87.0 cm³/mol. The second-order valence-electron chi connectivity index (χ2n) is 5.79. The molecule has 4 nitrogen and oxygen atoms in total. The second-order valence-corrected chi connectivity index (χ2v) is 5.79. The maximum Gasteiger partial charge on any atom is 0.135 e. The number of hydrogen-bond donors (Lipinski definition) is 0. The summed E-state index contributed by atoms with van der Waals surface area (Å²) in [6.07, 6.45) is 6.93. The summed E-state index contributed by atoms with van der Waals surface area (Å²) < 4.78 is 1.85. The lowest BCUT2D eigenvalue weighted by Gasteiger charge is -2.03. The number of aromatic nitrogens is 3. The van der Waals surface area contributed by atoms with Crippen LogP contribution in [0.15, 0.2) is 48.9 Å². The largest absolute Gasteiger partial charge is 0.299 e. The van der Waals surface area contributed by atoms with E-state index >= 15 is 0 Å². The number of fused-ring (bicyclic) bond motifs is 1. The van der Waals surface area contributed by atoms with Gasteiger partial charge >= 0.3 is 0 Å². The van der Waals surface area contributed by atoms with Crippen LogP contribution in [0.1, 0.15) is 25.8 Å². The van der Waals surface area contributed by atoms with E-state index in [-0.39, 0.29) is 5.92 Å². The Morgan fingerprint density at radius 3 is 2.95 bits per heavy atom. The first-order valence-electron chi connectivity index (χ1n) is 7.55. The molecule has 112 valence electrons. The number of pyridine rings is 1. The normalized spacial score (nSPS) is 11.2. The molecule has 0 bridgehead atoms. The Morgan fingerprint density at radius 2 is 2.14 bits per heavy atom. The molecule has 1 aromatic carbocycles. The molecule has 0 spiro atoms. The van der Waals surface area contributed by atoms with E-state index in [0.29, 0.717) is 12.2 Å².